The van der Waals surface area contributed by atoms with Crippen molar-refractivity contribution in [2.75, 3.05) is 26.2 Å². The number of carbonyl (C=O) groups excluding carboxylic acids is 2. The Morgan fingerprint density at radius 2 is 1.68 bits per heavy atom. The van der Waals surface area contributed by atoms with Crippen molar-refractivity contribution < 1.29 is 42.6 Å². The standard InChI is InChI=1S/C23H33N3O4.C2HF3O2/c27-21(9-8-17-10-12-24-13-11-17)26-14-4-7-19(16-26)23(30)25-20(15-22(28)29)18-5-2-1-3-6-18;3-2(4,5)1(6)7/h1-3,5-6,17,19-20,24H,4,7-16H2,(H,25,30)(H,28,29);(H,6,7)/t19-,20?;/m1./s1. The Kier molecular flexibility index (Phi) is 11.8. The summed E-state index contributed by atoms with van der Waals surface area (Å²) in [6, 6.07) is 8.61. The largest absolute Gasteiger partial charge is 0.490 e. The predicted octanol–water partition coefficient (Wildman–Crippen LogP) is 2.97. The number of alkyl halides is 3. The molecule has 1 aromatic carbocycles. The quantitative estimate of drug-likeness (QED) is 0.407. The first-order valence-electron chi connectivity index (χ1n) is 12.3. The summed E-state index contributed by atoms with van der Waals surface area (Å²) < 4.78 is 31.7. The summed E-state index contributed by atoms with van der Waals surface area (Å²) in [5, 5.41) is 22.6. The van der Waals surface area contributed by atoms with Crippen LogP contribution in [-0.2, 0) is 19.2 Å². The van der Waals surface area contributed by atoms with E-state index in [4.69, 9.17) is 9.90 Å². The maximum atomic E-state index is 12.9. The predicted molar refractivity (Wildman–Crippen MR) is 127 cm³/mol. The minimum atomic E-state index is -5.08. The second kappa shape index (κ2) is 14.6. The molecule has 2 atom stereocenters. The van der Waals surface area contributed by atoms with Crippen molar-refractivity contribution in [1.29, 1.82) is 0 Å². The molecule has 0 saturated carbocycles. The average Bonchev–Trinajstić information content (AvgIpc) is 2.87. The maximum absolute atomic E-state index is 12.9. The van der Waals surface area contributed by atoms with Crippen LogP contribution in [0.4, 0.5) is 13.2 Å². The van der Waals surface area contributed by atoms with Crippen molar-refractivity contribution in [2.45, 2.75) is 57.2 Å². The monoisotopic (exact) mass is 529 g/mol. The van der Waals surface area contributed by atoms with Crippen LogP contribution in [0.3, 0.4) is 0 Å². The van der Waals surface area contributed by atoms with Crippen LogP contribution in [0.5, 0.6) is 0 Å². The van der Waals surface area contributed by atoms with Crippen molar-refractivity contribution in [2.24, 2.45) is 11.8 Å². The first-order valence-corrected chi connectivity index (χ1v) is 12.3. The van der Waals surface area contributed by atoms with Crippen LogP contribution < -0.4 is 10.6 Å². The number of nitrogens with one attached hydrogen (secondary N) is 2. The third-order valence-corrected chi connectivity index (χ3v) is 6.51. The van der Waals surface area contributed by atoms with Crippen LogP contribution in [0.25, 0.3) is 0 Å². The topological polar surface area (TPSA) is 136 Å². The number of carboxylic acids is 2. The smallest absolute Gasteiger partial charge is 0.481 e. The zero-order valence-electron chi connectivity index (χ0n) is 20.5. The molecule has 2 fully saturated rings. The molecule has 2 heterocycles. The molecular weight excluding hydrogens is 495 g/mol. The van der Waals surface area contributed by atoms with Crippen molar-refractivity contribution in [1.82, 2.24) is 15.5 Å². The van der Waals surface area contributed by atoms with E-state index in [9.17, 15) is 32.7 Å². The normalized spacial score (nSPS) is 19.2. The van der Waals surface area contributed by atoms with E-state index in [2.05, 4.69) is 10.6 Å². The van der Waals surface area contributed by atoms with Gasteiger partial charge >= 0.3 is 18.1 Å². The summed E-state index contributed by atoms with van der Waals surface area (Å²) in [6.07, 6.45) is -0.00921. The number of rotatable bonds is 8. The van der Waals surface area contributed by atoms with Gasteiger partial charge in [-0.3, -0.25) is 14.4 Å². The summed E-state index contributed by atoms with van der Waals surface area (Å²) in [4.78, 5) is 47.6. The first-order chi connectivity index (χ1) is 17.5. The van der Waals surface area contributed by atoms with Crippen molar-refractivity contribution in [3.8, 4) is 0 Å². The lowest BCUT2D eigenvalue weighted by Gasteiger charge is -2.33. The number of amides is 2. The molecule has 37 heavy (non-hydrogen) atoms. The molecule has 206 valence electrons. The van der Waals surface area contributed by atoms with E-state index in [0.29, 0.717) is 25.4 Å². The number of carboxylic acid groups (broad SMARTS) is 2. The lowest BCUT2D eigenvalue weighted by atomic mass is 9.92. The lowest BCUT2D eigenvalue weighted by molar-refractivity contribution is -0.192. The molecule has 0 radical (unpaired) electrons. The van der Waals surface area contributed by atoms with Gasteiger partial charge in [0.1, 0.15) is 0 Å². The SMILES string of the molecule is O=C(O)C(F)(F)F.O=C(O)CC(NC(=O)[C@@H]1CCCN(C(=O)CCC2CCNCC2)C1)c1ccccc1. The van der Waals surface area contributed by atoms with E-state index in [0.717, 1.165) is 50.8 Å². The van der Waals surface area contributed by atoms with Gasteiger partial charge in [0.05, 0.1) is 18.4 Å². The molecule has 4 N–H and O–H groups in total. The van der Waals surface area contributed by atoms with Crippen LogP contribution in [0.1, 0.15) is 56.6 Å². The molecule has 12 heteroatoms. The van der Waals surface area contributed by atoms with Crippen LogP contribution in [-0.4, -0.2) is 71.2 Å². The summed E-state index contributed by atoms with van der Waals surface area (Å²) in [6.45, 7) is 3.19. The number of nitrogens with zero attached hydrogens (tertiary/aromatic N) is 1. The second-order valence-electron chi connectivity index (χ2n) is 9.28. The van der Waals surface area contributed by atoms with Gasteiger partial charge in [0.15, 0.2) is 0 Å². The van der Waals surface area contributed by atoms with Crippen molar-refractivity contribution in [3.05, 3.63) is 35.9 Å². The third-order valence-electron chi connectivity index (χ3n) is 6.51. The third kappa shape index (κ3) is 10.8. The Balaban J connectivity index is 0.000000604. The molecule has 9 nitrogen and oxygen atoms in total. The Bertz CT molecular complexity index is 907. The molecule has 0 bridgehead atoms. The molecule has 0 aliphatic carbocycles. The Morgan fingerprint density at radius 1 is 1.05 bits per heavy atom. The van der Waals surface area contributed by atoms with Gasteiger partial charge in [0.2, 0.25) is 11.8 Å². The summed E-state index contributed by atoms with van der Waals surface area (Å²) in [5.74, 6) is -3.42. The maximum Gasteiger partial charge on any atom is 0.490 e. The molecule has 3 rings (SSSR count). The van der Waals surface area contributed by atoms with Crippen LogP contribution in [0, 0.1) is 11.8 Å². The first kappa shape index (κ1) is 30.1. The average molecular weight is 530 g/mol. The molecule has 0 spiro atoms. The highest BCUT2D eigenvalue weighted by Crippen LogP contribution is 2.23. The fourth-order valence-corrected chi connectivity index (χ4v) is 4.48. The highest BCUT2D eigenvalue weighted by molar-refractivity contribution is 5.82. The fraction of sp³-hybridized carbons (Fsp3) is 0.600. The van der Waals surface area contributed by atoms with Gasteiger partial charge in [0, 0.05) is 19.5 Å². The summed E-state index contributed by atoms with van der Waals surface area (Å²) in [7, 11) is 0. The number of benzene rings is 1. The van der Waals surface area contributed by atoms with E-state index in [1.165, 1.54) is 0 Å². The molecule has 2 saturated heterocycles. The molecule has 1 aromatic rings. The highest BCUT2D eigenvalue weighted by Gasteiger charge is 2.38. The van der Waals surface area contributed by atoms with E-state index >= 15 is 0 Å². The Labute approximate surface area is 213 Å². The van der Waals surface area contributed by atoms with E-state index < -0.39 is 24.2 Å². The number of hydrogen-bond donors (Lipinski definition) is 4. The second-order valence-corrected chi connectivity index (χ2v) is 9.28. The van der Waals surface area contributed by atoms with E-state index in [-0.39, 0.29) is 24.2 Å². The van der Waals surface area contributed by atoms with E-state index in [1.807, 2.05) is 35.2 Å². The minimum absolute atomic E-state index is 0.135. The number of piperidine rings is 2. The molecule has 1 unspecified atom stereocenters. The Morgan fingerprint density at radius 3 is 2.24 bits per heavy atom. The summed E-state index contributed by atoms with van der Waals surface area (Å²) in [5.41, 5.74) is 0.777. The summed E-state index contributed by atoms with van der Waals surface area (Å²) >= 11 is 0. The number of hydrogen-bond acceptors (Lipinski definition) is 5. The molecular formula is C25H34F3N3O6. The zero-order valence-corrected chi connectivity index (χ0v) is 20.5. The van der Waals surface area contributed by atoms with Crippen LogP contribution in [0.15, 0.2) is 30.3 Å². The van der Waals surface area contributed by atoms with Gasteiger partial charge in [0.25, 0.3) is 0 Å². The van der Waals surface area contributed by atoms with Gasteiger partial charge < -0.3 is 25.7 Å². The molecule has 2 aliphatic rings. The Hall–Kier alpha value is -3.15. The molecule has 0 aromatic heterocycles. The molecule has 2 aliphatic heterocycles. The number of carbonyl (C=O) groups is 4. The van der Waals surface area contributed by atoms with Crippen LogP contribution in [0.2, 0.25) is 0 Å². The van der Waals surface area contributed by atoms with Gasteiger partial charge in [-0.15, -0.1) is 0 Å². The van der Waals surface area contributed by atoms with Crippen molar-refractivity contribution >= 4 is 23.8 Å². The number of likely N-dealkylation sites (tertiary alicyclic amines) is 1. The highest BCUT2D eigenvalue weighted by atomic mass is 19.4. The van der Waals surface area contributed by atoms with E-state index in [1.54, 1.807) is 0 Å². The van der Waals surface area contributed by atoms with Gasteiger partial charge in [-0.05, 0) is 56.7 Å². The number of halogens is 3. The number of aliphatic carboxylic acids is 2. The van der Waals surface area contributed by atoms with Crippen molar-refractivity contribution in [3.63, 3.8) is 0 Å². The molecule has 2 amide bonds. The lowest BCUT2D eigenvalue weighted by Crippen LogP contribution is -2.46. The van der Waals surface area contributed by atoms with Gasteiger partial charge in [-0.1, -0.05) is 30.3 Å². The van der Waals surface area contributed by atoms with Gasteiger partial charge in [-0.2, -0.15) is 13.2 Å². The zero-order chi connectivity index (χ0) is 27.4. The van der Waals surface area contributed by atoms with Crippen LogP contribution >= 0.6 is 0 Å². The van der Waals surface area contributed by atoms with Gasteiger partial charge in [-0.25, -0.2) is 4.79 Å². The minimum Gasteiger partial charge on any atom is -0.481 e. The fourth-order valence-electron chi connectivity index (χ4n) is 4.48.